The fourth-order valence-electron chi connectivity index (χ4n) is 8.75. The number of esters is 1. The summed E-state index contributed by atoms with van der Waals surface area (Å²) in [6.45, 7) is 13.1. The molecule has 0 unspecified atom stereocenters. The van der Waals surface area contributed by atoms with E-state index in [1.165, 1.54) is 12.3 Å². The molecule has 0 saturated heterocycles. The van der Waals surface area contributed by atoms with Gasteiger partial charge in [0, 0.05) is 16.7 Å². The maximum absolute atomic E-state index is 15.5. The van der Waals surface area contributed by atoms with Crippen LogP contribution in [0.25, 0.3) is 0 Å². The van der Waals surface area contributed by atoms with Crippen molar-refractivity contribution in [2.24, 2.45) is 38.6 Å². The van der Waals surface area contributed by atoms with Gasteiger partial charge in [0.05, 0.1) is 18.6 Å². The normalized spacial score (nSPS) is 37.8. The lowest BCUT2D eigenvalue weighted by molar-refractivity contribution is -0.229. The first-order valence-electron chi connectivity index (χ1n) is 15.0. The number of Topliss-reactive ketones (excluding diaryl/α,β-unsaturated/α-hetero) is 1. The molecule has 44 heavy (non-hydrogen) atoms. The number of fused-ring (bicyclic) bond motifs is 1. The number of hydrazone groups is 1. The second-order valence-electron chi connectivity index (χ2n) is 14.2. The number of benzene rings is 1. The summed E-state index contributed by atoms with van der Waals surface area (Å²) in [6, 6.07) is 4.57. The Bertz CT molecular complexity index is 1520. The molecule has 3 aliphatic carbocycles. The highest BCUT2D eigenvalue weighted by atomic mass is 32.2. The summed E-state index contributed by atoms with van der Waals surface area (Å²) in [5.41, 5.74) is -2.77. The molecule has 240 valence electrons. The van der Waals surface area contributed by atoms with Crippen LogP contribution in [0.1, 0.15) is 65.9 Å². The van der Waals surface area contributed by atoms with Gasteiger partial charge in [0.2, 0.25) is 10.0 Å². The first-order valence-corrected chi connectivity index (χ1v) is 16.9. The number of nitrogens with zero attached hydrogens (tertiary/aromatic N) is 2. The number of carbonyl (C=O) groups excluding carboxylic acids is 2. The van der Waals surface area contributed by atoms with Crippen molar-refractivity contribution in [1.29, 1.82) is 0 Å². The zero-order valence-corrected chi connectivity index (χ0v) is 26.9. The number of aliphatic hydroxyl groups is 1. The van der Waals surface area contributed by atoms with Crippen LogP contribution >= 0.6 is 0 Å². The Morgan fingerprint density at radius 1 is 1.27 bits per heavy atom. The van der Waals surface area contributed by atoms with Crippen LogP contribution in [0.5, 0.6) is 5.75 Å². The van der Waals surface area contributed by atoms with E-state index >= 15 is 4.39 Å². The van der Waals surface area contributed by atoms with E-state index in [1.807, 2.05) is 34.6 Å². The van der Waals surface area contributed by atoms with E-state index in [0.29, 0.717) is 22.7 Å². The highest BCUT2D eigenvalue weighted by molar-refractivity contribution is 7.89. The van der Waals surface area contributed by atoms with Gasteiger partial charge in [-0.25, -0.2) is 21.9 Å². The molecule has 8 atom stereocenters. The van der Waals surface area contributed by atoms with Crippen molar-refractivity contribution in [3.8, 4) is 5.75 Å². The number of hydrogen-bond acceptors (Lipinski definition) is 9. The van der Waals surface area contributed by atoms with E-state index < -0.39 is 81.4 Å². The predicted molar refractivity (Wildman–Crippen MR) is 163 cm³/mol. The van der Waals surface area contributed by atoms with Crippen LogP contribution < -0.4 is 10.2 Å². The molecular weight excluding hydrogens is 590 g/mol. The van der Waals surface area contributed by atoms with Gasteiger partial charge >= 0.3 is 13.0 Å². The van der Waals surface area contributed by atoms with Gasteiger partial charge in [0.25, 0.3) is 0 Å². The molecular formula is C31H42BFN2O8S. The number of sulfonamides is 1. The van der Waals surface area contributed by atoms with Crippen LogP contribution in [0, 0.1) is 33.5 Å². The molecule has 1 aromatic carbocycles. The summed E-state index contributed by atoms with van der Waals surface area (Å²) in [5, 5.41) is 26.3. The lowest BCUT2D eigenvalue weighted by Gasteiger charge is -2.65. The minimum absolute atomic E-state index is 0.0194. The van der Waals surface area contributed by atoms with Gasteiger partial charge in [-0.15, -0.1) is 6.58 Å². The fraction of sp³-hybridized carbons (Fsp3) is 0.645. The molecule has 1 aliphatic heterocycles. The summed E-state index contributed by atoms with van der Waals surface area (Å²) in [7, 11) is -5.41. The van der Waals surface area contributed by atoms with Crippen molar-refractivity contribution in [1.82, 2.24) is 4.33 Å². The van der Waals surface area contributed by atoms with E-state index in [1.54, 1.807) is 18.2 Å². The fourth-order valence-corrected chi connectivity index (χ4v) is 9.44. The molecule has 0 spiro atoms. The molecule has 1 heterocycles. The zero-order valence-electron chi connectivity index (χ0n) is 26.1. The number of ether oxygens (including phenoxy) is 2. The van der Waals surface area contributed by atoms with Crippen molar-refractivity contribution in [2.75, 3.05) is 12.9 Å². The maximum atomic E-state index is 15.5. The molecule has 0 radical (unpaired) electrons. The number of hydrogen-bond donors (Lipinski definition) is 2. The Labute approximate surface area is 258 Å². The van der Waals surface area contributed by atoms with Gasteiger partial charge in [0.15, 0.2) is 18.6 Å². The molecule has 5 rings (SSSR count). The maximum Gasteiger partial charge on any atom is 0.484 e. The van der Waals surface area contributed by atoms with E-state index in [9.17, 15) is 28.1 Å². The van der Waals surface area contributed by atoms with Crippen LogP contribution in [0.15, 0.2) is 36.0 Å². The van der Waals surface area contributed by atoms with Crippen molar-refractivity contribution in [2.45, 2.75) is 78.7 Å². The Kier molecular flexibility index (Phi) is 7.90. The molecule has 3 saturated carbocycles. The van der Waals surface area contributed by atoms with Gasteiger partial charge in [0.1, 0.15) is 11.9 Å². The van der Waals surface area contributed by atoms with Crippen LogP contribution in [-0.2, 0) is 24.3 Å². The van der Waals surface area contributed by atoms with Crippen molar-refractivity contribution in [3.63, 3.8) is 0 Å². The molecule has 10 nitrogen and oxygen atoms in total. The second kappa shape index (κ2) is 10.7. The van der Waals surface area contributed by atoms with Gasteiger partial charge in [-0.2, -0.15) is 5.10 Å². The summed E-state index contributed by atoms with van der Waals surface area (Å²) in [6.07, 6.45) is 1.85. The van der Waals surface area contributed by atoms with Crippen LogP contribution in [0.2, 0.25) is 0 Å². The standard InChI is InChI=1S/C31H42BFN2O8S/c1-8-29(5)15-23(30(6)18(2)11-12-31(28(3,4)27(29)38)14-22(33)25(37)26(30)31)43-24(36)17-42-20-10-9-19-16-34-35(44(7,40)41)32(39)21(19)13-20/h8-10,13,16,18,22-23,26-27,38-39H,1,11-12,14-15,17H2,2-7H3/t18-,22+,23-,26+,27+,29-,30+,31-/m1/s1. The third kappa shape index (κ3) is 4.72. The van der Waals surface area contributed by atoms with Gasteiger partial charge in [-0.05, 0) is 65.6 Å². The van der Waals surface area contributed by atoms with E-state index in [-0.39, 0.29) is 30.0 Å². The van der Waals surface area contributed by atoms with Gasteiger partial charge < -0.3 is 19.6 Å². The molecule has 13 heteroatoms. The van der Waals surface area contributed by atoms with E-state index in [4.69, 9.17) is 9.47 Å². The predicted octanol–water partition coefficient (Wildman–Crippen LogP) is 2.61. The highest BCUT2D eigenvalue weighted by Crippen LogP contribution is 2.71. The Balaban J connectivity index is 1.44. The average Bonchev–Trinajstić information content (AvgIpc) is 3.23. The molecule has 0 aromatic heterocycles. The van der Waals surface area contributed by atoms with Crippen molar-refractivity contribution < 1.29 is 42.0 Å². The Morgan fingerprint density at radius 2 is 1.95 bits per heavy atom. The third-order valence-corrected chi connectivity index (χ3v) is 12.6. The number of rotatable bonds is 6. The third-order valence-electron chi connectivity index (χ3n) is 11.6. The number of halogens is 1. The lowest BCUT2D eigenvalue weighted by atomic mass is 9.40. The van der Waals surface area contributed by atoms with Crippen molar-refractivity contribution >= 4 is 40.5 Å². The zero-order chi connectivity index (χ0) is 32.6. The topological polar surface area (TPSA) is 143 Å². The molecule has 0 amide bonds. The van der Waals surface area contributed by atoms with Gasteiger partial charge in [-0.1, -0.05) is 46.8 Å². The number of alkyl halides is 1. The lowest BCUT2D eigenvalue weighted by Crippen LogP contribution is -2.66. The van der Waals surface area contributed by atoms with Crippen molar-refractivity contribution in [3.05, 3.63) is 36.4 Å². The molecule has 4 aliphatic rings. The Hall–Kier alpha value is -2.77. The highest BCUT2D eigenvalue weighted by Gasteiger charge is 2.73. The molecule has 3 fully saturated rings. The quantitative estimate of drug-likeness (QED) is 0.277. The Morgan fingerprint density at radius 3 is 2.59 bits per heavy atom. The minimum Gasteiger partial charge on any atom is -0.482 e. The van der Waals surface area contributed by atoms with Crippen LogP contribution in [0.3, 0.4) is 0 Å². The van der Waals surface area contributed by atoms with Gasteiger partial charge in [-0.3, -0.25) is 4.79 Å². The smallest absolute Gasteiger partial charge is 0.482 e. The minimum atomic E-state index is -3.83. The first-order chi connectivity index (χ1) is 20.3. The van der Waals surface area contributed by atoms with Crippen LogP contribution in [-0.4, -0.2) is 79.1 Å². The van der Waals surface area contributed by atoms with E-state index in [0.717, 1.165) is 6.26 Å². The summed E-state index contributed by atoms with van der Waals surface area (Å²) < 4.78 is 51.9. The van der Waals surface area contributed by atoms with E-state index in [2.05, 4.69) is 11.7 Å². The number of carbonyl (C=O) groups is 2. The second-order valence-corrected chi connectivity index (χ2v) is 16.1. The monoisotopic (exact) mass is 632 g/mol. The molecule has 1 aromatic rings. The molecule has 2 N–H and O–H groups in total. The van der Waals surface area contributed by atoms with Crippen LogP contribution in [0.4, 0.5) is 4.39 Å². The molecule has 2 bridgehead atoms. The number of ketones is 1. The summed E-state index contributed by atoms with van der Waals surface area (Å²) in [5.74, 6) is -1.86. The largest absolute Gasteiger partial charge is 0.484 e. The first kappa shape index (κ1) is 32.6. The number of aliphatic hydroxyl groups excluding tert-OH is 1. The summed E-state index contributed by atoms with van der Waals surface area (Å²) in [4.78, 5) is 27.1. The summed E-state index contributed by atoms with van der Waals surface area (Å²) >= 11 is 0. The average molecular weight is 633 g/mol. The SMILES string of the molecule is C=C[C@]1(C)C[C@@H](OC(=O)COc2ccc3c(c2)B(O)N(S(C)(=O)=O)N=C3)[C@]2(C)[C@H](C)CC[C@]3(C[C@H](F)C(=O)[C@@H]23)C(C)(C)[C@@H]1O.